The number of amides is 3. The van der Waals surface area contributed by atoms with Crippen molar-refractivity contribution in [3.8, 4) is 0 Å². The van der Waals surface area contributed by atoms with Gasteiger partial charge in [0.15, 0.2) is 0 Å². The second-order valence-corrected chi connectivity index (χ2v) is 5.26. The SMILES string of the molecule is CC(=O)N[C@H](CC(=O)NNC(=O)c1ccoc1C)c1ccccc1. The van der Waals surface area contributed by atoms with Crippen LogP contribution in [0.25, 0.3) is 0 Å². The number of hydrazine groups is 1. The molecule has 3 amide bonds. The Morgan fingerprint density at radius 2 is 1.79 bits per heavy atom. The van der Waals surface area contributed by atoms with Gasteiger partial charge in [-0.1, -0.05) is 30.3 Å². The number of nitrogens with one attached hydrogen (secondary N) is 3. The summed E-state index contributed by atoms with van der Waals surface area (Å²) in [7, 11) is 0. The lowest BCUT2D eigenvalue weighted by atomic mass is 10.0. The number of carbonyl (C=O) groups excluding carboxylic acids is 3. The lowest BCUT2D eigenvalue weighted by Crippen LogP contribution is -2.43. The number of carbonyl (C=O) groups is 3. The zero-order chi connectivity index (χ0) is 17.5. The van der Waals surface area contributed by atoms with Gasteiger partial charge in [-0.05, 0) is 18.6 Å². The van der Waals surface area contributed by atoms with E-state index in [1.165, 1.54) is 19.3 Å². The van der Waals surface area contributed by atoms with Crippen molar-refractivity contribution in [1.29, 1.82) is 0 Å². The van der Waals surface area contributed by atoms with Crippen molar-refractivity contribution in [2.45, 2.75) is 26.3 Å². The van der Waals surface area contributed by atoms with Gasteiger partial charge < -0.3 is 9.73 Å². The number of hydrogen-bond donors (Lipinski definition) is 3. The summed E-state index contributed by atoms with van der Waals surface area (Å²) in [6.45, 7) is 3.04. The van der Waals surface area contributed by atoms with Crippen molar-refractivity contribution in [2.75, 3.05) is 0 Å². The first-order chi connectivity index (χ1) is 11.5. The van der Waals surface area contributed by atoms with Crippen LogP contribution in [-0.2, 0) is 9.59 Å². The summed E-state index contributed by atoms with van der Waals surface area (Å²) in [4.78, 5) is 35.3. The zero-order valence-electron chi connectivity index (χ0n) is 13.5. The number of hydrogen-bond acceptors (Lipinski definition) is 4. The molecule has 0 saturated carbocycles. The molecule has 0 unspecified atom stereocenters. The van der Waals surface area contributed by atoms with Crippen LogP contribution in [0.1, 0.15) is 41.1 Å². The lowest BCUT2D eigenvalue weighted by molar-refractivity contribution is -0.123. The fraction of sp³-hybridized carbons (Fsp3) is 0.235. The summed E-state index contributed by atoms with van der Waals surface area (Å²) in [6.07, 6.45) is 1.39. The van der Waals surface area contributed by atoms with Crippen LogP contribution in [0.15, 0.2) is 47.1 Å². The zero-order valence-corrected chi connectivity index (χ0v) is 13.5. The molecule has 24 heavy (non-hydrogen) atoms. The second kappa shape index (κ2) is 7.96. The Labute approximate surface area is 139 Å². The van der Waals surface area contributed by atoms with E-state index in [9.17, 15) is 14.4 Å². The normalized spacial score (nSPS) is 11.4. The first kappa shape index (κ1) is 17.3. The van der Waals surface area contributed by atoms with E-state index in [0.717, 1.165) is 5.56 Å². The summed E-state index contributed by atoms with van der Waals surface area (Å²) in [5, 5.41) is 2.72. The molecule has 0 spiro atoms. The minimum absolute atomic E-state index is 0.00571. The molecule has 1 aromatic heterocycles. The largest absolute Gasteiger partial charge is 0.469 e. The third kappa shape index (κ3) is 4.70. The van der Waals surface area contributed by atoms with Gasteiger partial charge in [-0.3, -0.25) is 25.2 Å². The smallest absolute Gasteiger partial charge is 0.273 e. The van der Waals surface area contributed by atoms with Gasteiger partial charge in [-0.25, -0.2) is 0 Å². The van der Waals surface area contributed by atoms with E-state index in [1.807, 2.05) is 30.3 Å². The molecular formula is C17H19N3O4. The number of furan rings is 1. The minimum atomic E-state index is -0.476. The quantitative estimate of drug-likeness (QED) is 0.726. The van der Waals surface area contributed by atoms with Gasteiger partial charge in [-0.2, -0.15) is 0 Å². The highest BCUT2D eigenvalue weighted by Crippen LogP contribution is 2.16. The predicted octanol–water partition coefficient (Wildman–Crippen LogP) is 1.62. The van der Waals surface area contributed by atoms with Gasteiger partial charge in [0.05, 0.1) is 24.3 Å². The Bertz CT molecular complexity index is 724. The molecule has 0 aliphatic heterocycles. The number of benzene rings is 1. The Balaban J connectivity index is 1.94. The van der Waals surface area contributed by atoms with Gasteiger partial charge in [0.2, 0.25) is 11.8 Å². The van der Waals surface area contributed by atoms with Crippen molar-refractivity contribution in [3.63, 3.8) is 0 Å². The Kier molecular flexibility index (Phi) is 5.73. The van der Waals surface area contributed by atoms with E-state index < -0.39 is 17.9 Å². The van der Waals surface area contributed by atoms with Crippen LogP contribution in [0.4, 0.5) is 0 Å². The molecule has 7 heteroatoms. The third-order valence-corrected chi connectivity index (χ3v) is 3.39. The Morgan fingerprint density at radius 3 is 2.38 bits per heavy atom. The van der Waals surface area contributed by atoms with Crippen LogP contribution in [0.2, 0.25) is 0 Å². The molecule has 1 heterocycles. The molecule has 7 nitrogen and oxygen atoms in total. The average molecular weight is 329 g/mol. The van der Waals surface area contributed by atoms with E-state index in [2.05, 4.69) is 16.2 Å². The first-order valence-electron chi connectivity index (χ1n) is 7.42. The fourth-order valence-corrected chi connectivity index (χ4v) is 2.23. The maximum Gasteiger partial charge on any atom is 0.273 e. The van der Waals surface area contributed by atoms with E-state index in [4.69, 9.17) is 4.42 Å². The maximum atomic E-state index is 12.1. The predicted molar refractivity (Wildman–Crippen MR) is 86.7 cm³/mol. The lowest BCUT2D eigenvalue weighted by Gasteiger charge is -2.18. The molecule has 0 fully saturated rings. The molecule has 2 aromatic rings. The summed E-state index contributed by atoms with van der Waals surface area (Å²) in [5.41, 5.74) is 5.81. The summed E-state index contributed by atoms with van der Waals surface area (Å²) in [6, 6.07) is 10.2. The van der Waals surface area contributed by atoms with Crippen molar-refractivity contribution in [3.05, 3.63) is 59.5 Å². The topological polar surface area (TPSA) is 100 Å². The number of aryl methyl sites for hydroxylation is 1. The highest BCUT2D eigenvalue weighted by molar-refractivity contribution is 5.96. The van der Waals surface area contributed by atoms with Crippen LogP contribution < -0.4 is 16.2 Å². The van der Waals surface area contributed by atoms with Crippen LogP contribution in [0.5, 0.6) is 0 Å². The summed E-state index contributed by atoms with van der Waals surface area (Å²) >= 11 is 0. The highest BCUT2D eigenvalue weighted by Gasteiger charge is 2.18. The average Bonchev–Trinajstić information content (AvgIpc) is 2.98. The van der Waals surface area contributed by atoms with Gasteiger partial charge in [0, 0.05) is 6.92 Å². The molecular weight excluding hydrogens is 310 g/mol. The molecule has 0 saturated heterocycles. The van der Waals surface area contributed by atoms with Crippen molar-refractivity contribution in [2.24, 2.45) is 0 Å². The maximum absolute atomic E-state index is 12.1. The summed E-state index contributed by atoms with van der Waals surface area (Å²) in [5.74, 6) is -0.672. The number of rotatable bonds is 5. The van der Waals surface area contributed by atoms with Gasteiger partial charge in [0.25, 0.3) is 5.91 Å². The molecule has 3 N–H and O–H groups in total. The van der Waals surface area contributed by atoms with Crippen LogP contribution in [0.3, 0.4) is 0 Å². The van der Waals surface area contributed by atoms with Crippen LogP contribution in [0, 0.1) is 6.92 Å². The molecule has 0 bridgehead atoms. The minimum Gasteiger partial charge on any atom is -0.469 e. The van der Waals surface area contributed by atoms with E-state index in [0.29, 0.717) is 11.3 Å². The van der Waals surface area contributed by atoms with Gasteiger partial charge >= 0.3 is 0 Å². The Morgan fingerprint density at radius 1 is 1.08 bits per heavy atom. The van der Waals surface area contributed by atoms with Crippen molar-refractivity contribution in [1.82, 2.24) is 16.2 Å². The standard InChI is InChI=1S/C17H19N3O4/c1-11-14(8-9-24-11)17(23)20-19-16(22)10-15(18-12(2)21)13-6-4-3-5-7-13/h3-9,15H,10H2,1-2H3,(H,18,21)(H,19,22)(H,20,23)/t15-/m1/s1. The molecule has 0 radical (unpaired) electrons. The van der Waals surface area contributed by atoms with Gasteiger partial charge in [0.1, 0.15) is 5.76 Å². The van der Waals surface area contributed by atoms with E-state index >= 15 is 0 Å². The Hall–Kier alpha value is -3.09. The van der Waals surface area contributed by atoms with Crippen LogP contribution >= 0.6 is 0 Å². The molecule has 0 aliphatic carbocycles. The van der Waals surface area contributed by atoms with Crippen molar-refractivity contribution >= 4 is 17.7 Å². The monoisotopic (exact) mass is 329 g/mol. The molecule has 2 rings (SSSR count). The molecule has 126 valence electrons. The highest BCUT2D eigenvalue weighted by atomic mass is 16.3. The second-order valence-electron chi connectivity index (χ2n) is 5.26. The first-order valence-corrected chi connectivity index (χ1v) is 7.42. The third-order valence-electron chi connectivity index (χ3n) is 3.39. The van der Waals surface area contributed by atoms with E-state index in [1.54, 1.807) is 6.92 Å². The van der Waals surface area contributed by atoms with E-state index in [-0.39, 0.29) is 12.3 Å². The van der Waals surface area contributed by atoms with Gasteiger partial charge in [-0.15, -0.1) is 0 Å². The molecule has 0 aliphatic rings. The summed E-state index contributed by atoms with van der Waals surface area (Å²) < 4.78 is 5.04. The molecule has 1 atom stereocenters. The van der Waals surface area contributed by atoms with Crippen molar-refractivity contribution < 1.29 is 18.8 Å². The molecule has 1 aromatic carbocycles. The van der Waals surface area contributed by atoms with Crippen LogP contribution in [-0.4, -0.2) is 17.7 Å². The fourth-order valence-electron chi connectivity index (χ4n) is 2.23.